The number of rotatable bonds is 5. The van der Waals surface area contributed by atoms with E-state index in [9.17, 15) is 18.8 Å². The topological polar surface area (TPSA) is 98.9 Å². The summed E-state index contributed by atoms with van der Waals surface area (Å²) in [4.78, 5) is 48.7. The lowest BCUT2D eigenvalue weighted by Crippen LogP contribution is -2.46. The van der Waals surface area contributed by atoms with Gasteiger partial charge in [0.05, 0.1) is 11.6 Å². The van der Waals surface area contributed by atoms with Crippen molar-refractivity contribution in [2.24, 2.45) is 0 Å². The number of aryl methyl sites for hydroxylation is 1. The molecular formula is C31H32FN5O3S. The normalized spacial score (nSPS) is 19.8. The lowest BCUT2D eigenvalue weighted by Gasteiger charge is -2.31. The minimum absolute atomic E-state index is 0.0610. The van der Waals surface area contributed by atoms with Gasteiger partial charge in [0.25, 0.3) is 11.5 Å². The molecule has 41 heavy (non-hydrogen) atoms. The van der Waals surface area contributed by atoms with Crippen LogP contribution in [0.25, 0.3) is 22.2 Å². The first-order chi connectivity index (χ1) is 19.9. The summed E-state index contributed by atoms with van der Waals surface area (Å²) in [7, 11) is 0. The molecule has 1 N–H and O–H groups in total. The van der Waals surface area contributed by atoms with E-state index in [1.165, 1.54) is 10.6 Å². The molecule has 212 valence electrons. The average Bonchev–Trinajstić information content (AvgIpc) is 2.99. The number of carbonyl (C=O) groups is 1. The molecule has 0 atom stereocenters. The Balaban J connectivity index is 1.18. The molecule has 2 fully saturated rings. The molecule has 1 aliphatic heterocycles. The second-order valence-corrected chi connectivity index (χ2v) is 12.2. The minimum atomic E-state index is -0.596. The van der Waals surface area contributed by atoms with Gasteiger partial charge in [-0.15, -0.1) is 0 Å². The second-order valence-electron chi connectivity index (χ2n) is 10.9. The van der Waals surface area contributed by atoms with Crippen molar-refractivity contribution in [3.05, 3.63) is 92.8 Å². The molecule has 1 saturated heterocycles. The largest absolute Gasteiger partial charge is 0.349 e. The Morgan fingerprint density at radius 2 is 1.61 bits per heavy atom. The molecule has 0 radical (unpaired) electrons. The summed E-state index contributed by atoms with van der Waals surface area (Å²) in [5.74, 6) is 1.11. The quantitative estimate of drug-likeness (QED) is 0.359. The summed E-state index contributed by atoms with van der Waals surface area (Å²) in [6.45, 7) is 1.94. The number of hydrogen-bond donors (Lipinski definition) is 1. The number of amides is 1. The molecule has 0 spiro atoms. The van der Waals surface area contributed by atoms with Crippen molar-refractivity contribution < 1.29 is 9.18 Å². The highest BCUT2D eigenvalue weighted by Gasteiger charge is 2.29. The fourth-order valence-electron chi connectivity index (χ4n) is 6.09. The lowest BCUT2D eigenvalue weighted by atomic mass is 9.90. The van der Waals surface area contributed by atoms with Gasteiger partial charge in [0, 0.05) is 35.6 Å². The number of benzene rings is 1. The van der Waals surface area contributed by atoms with Gasteiger partial charge in [-0.2, -0.15) is 11.8 Å². The maximum absolute atomic E-state index is 14.2. The summed E-state index contributed by atoms with van der Waals surface area (Å²) < 4.78 is 17.1. The van der Waals surface area contributed by atoms with Gasteiger partial charge >= 0.3 is 5.69 Å². The fraction of sp³-hybridized carbons (Fsp3) is 0.387. The van der Waals surface area contributed by atoms with E-state index in [0.717, 1.165) is 47.4 Å². The van der Waals surface area contributed by atoms with E-state index in [1.807, 2.05) is 55.1 Å². The smallest absolute Gasteiger partial charge is 0.333 e. The minimum Gasteiger partial charge on any atom is -0.349 e. The number of aromatic nitrogens is 4. The van der Waals surface area contributed by atoms with Gasteiger partial charge in [0.15, 0.2) is 0 Å². The maximum Gasteiger partial charge on any atom is 0.333 e. The van der Waals surface area contributed by atoms with E-state index in [-0.39, 0.29) is 40.8 Å². The summed E-state index contributed by atoms with van der Waals surface area (Å²) in [6.07, 6.45) is 6.85. The number of halogens is 1. The maximum atomic E-state index is 14.2. The number of thioether (sulfide) groups is 1. The van der Waals surface area contributed by atoms with Crippen LogP contribution in [0.15, 0.2) is 64.4 Å². The highest BCUT2D eigenvalue weighted by molar-refractivity contribution is 7.99. The van der Waals surface area contributed by atoms with Gasteiger partial charge in [-0.05, 0) is 98.4 Å². The molecular weight excluding hydrogens is 541 g/mol. The number of carbonyl (C=O) groups excluding carboxylic acids is 1. The molecule has 10 heteroatoms. The van der Waals surface area contributed by atoms with Crippen molar-refractivity contribution in [2.75, 3.05) is 11.5 Å². The van der Waals surface area contributed by atoms with E-state index in [1.54, 1.807) is 10.8 Å². The van der Waals surface area contributed by atoms with Crippen LogP contribution in [-0.4, -0.2) is 42.6 Å². The second kappa shape index (κ2) is 11.6. The SMILES string of the molecule is Cc1cc(-c2ccc(C(=O)N[C@H]3CC[C@@H](n4c(=O)c5cc(F)cnc5n(C5CCSCC5)c4=O)CC3)cc2)ccn1. The van der Waals surface area contributed by atoms with Crippen LogP contribution in [0, 0.1) is 12.7 Å². The number of nitrogens with one attached hydrogen (secondary N) is 1. The van der Waals surface area contributed by atoms with Crippen molar-refractivity contribution in [1.82, 2.24) is 24.4 Å². The molecule has 3 aromatic heterocycles. The van der Waals surface area contributed by atoms with Crippen LogP contribution in [0.3, 0.4) is 0 Å². The summed E-state index contributed by atoms with van der Waals surface area (Å²) in [5.41, 5.74) is 2.98. The molecule has 8 nitrogen and oxygen atoms in total. The van der Waals surface area contributed by atoms with Gasteiger partial charge in [0.2, 0.25) is 0 Å². The van der Waals surface area contributed by atoms with Crippen LogP contribution >= 0.6 is 11.8 Å². The van der Waals surface area contributed by atoms with Crippen LogP contribution in [0.1, 0.15) is 66.7 Å². The predicted octanol–water partition coefficient (Wildman–Crippen LogP) is 5.05. The first-order valence-corrected chi connectivity index (χ1v) is 15.3. The predicted molar refractivity (Wildman–Crippen MR) is 159 cm³/mol. The van der Waals surface area contributed by atoms with Crippen molar-refractivity contribution in [2.45, 2.75) is 63.6 Å². The van der Waals surface area contributed by atoms with Gasteiger partial charge in [-0.1, -0.05) is 12.1 Å². The van der Waals surface area contributed by atoms with Crippen molar-refractivity contribution in [1.29, 1.82) is 0 Å². The molecule has 4 heterocycles. The molecule has 4 aromatic rings. The van der Waals surface area contributed by atoms with E-state index in [0.29, 0.717) is 31.2 Å². The number of fused-ring (bicyclic) bond motifs is 1. The van der Waals surface area contributed by atoms with Gasteiger partial charge in [-0.25, -0.2) is 14.2 Å². The summed E-state index contributed by atoms with van der Waals surface area (Å²) in [5, 5.41) is 3.27. The van der Waals surface area contributed by atoms with Gasteiger partial charge < -0.3 is 5.32 Å². The number of pyridine rings is 2. The van der Waals surface area contributed by atoms with Crippen molar-refractivity contribution >= 4 is 28.7 Å². The number of hydrogen-bond acceptors (Lipinski definition) is 6. The van der Waals surface area contributed by atoms with Crippen LogP contribution in [0.5, 0.6) is 0 Å². The highest BCUT2D eigenvalue weighted by Crippen LogP contribution is 2.30. The zero-order valence-corrected chi connectivity index (χ0v) is 23.7. The average molecular weight is 574 g/mol. The third-order valence-electron chi connectivity index (χ3n) is 8.25. The Kier molecular flexibility index (Phi) is 7.75. The Bertz CT molecular complexity index is 1700. The Morgan fingerprint density at radius 3 is 2.32 bits per heavy atom. The molecule has 6 rings (SSSR count). The van der Waals surface area contributed by atoms with E-state index < -0.39 is 11.4 Å². The first-order valence-electron chi connectivity index (χ1n) is 14.1. The molecule has 0 unspecified atom stereocenters. The standard InChI is InChI=1S/C31H32FN5O3S/c1-19-16-22(10-13-33-19)20-2-4-21(5-3-20)29(38)35-24-6-8-25(9-7-24)37-30(39)27-17-23(32)18-34-28(27)36(31(37)40)26-11-14-41-15-12-26/h2-5,10,13,16-18,24-26H,6-9,11-12,14-15H2,1H3,(H,35,38)/t24-,25+. The molecule has 1 aliphatic carbocycles. The molecule has 2 aliphatic rings. The van der Waals surface area contributed by atoms with E-state index >= 15 is 0 Å². The molecule has 0 bridgehead atoms. The zero-order chi connectivity index (χ0) is 28.5. The Labute approximate surface area is 241 Å². The zero-order valence-electron chi connectivity index (χ0n) is 22.9. The first kappa shape index (κ1) is 27.4. The van der Waals surface area contributed by atoms with Crippen LogP contribution < -0.4 is 16.6 Å². The van der Waals surface area contributed by atoms with Crippen LogP contribution in [0.4, 0.5) is 4.39 Å². The fourth-order valence-corrected chi connectivity index (χ4v) is 7.17. The van der Waals surface area contributed by atoms with E-state index in [2.05, 4.69) is 15.3 Å². The van der Waals surface area contributed by atoms with Crippen LogP contribution in [0.2, 0.25) is 0 Å². The Morgan fingerprint density at radius 1 is 0.902 bits per heavy atom. The molecule has 1 aromatic carbocycles. The Hall–Kier alpha value is -3.79. The van der Waals surface area contributed by atoms with Crippen LogP contribution in [-0.2, 0) is 0 Å². The lowest BCUT2D eigenvalue weighted by molar-refractivity contribution is 0.0922. The third kappa shape index (κ3) is 5.57. The highest BCUT2D eigenvalue weighted by atomic mass is 32.2. The molecule has 1 amide bonds. The molecule has 1 saturated carbocycles. The van der Waals surface area contributed by atoms with Gasteiger partial charge in [0.1, 0.15) is 11.5 Å². The monoisotopic (exact) mass is 573 g/mol. The summed E-state index contributed by atoms with van der Waals surface area (Å²) >= 11 is 1.84. The third-order valence-corrected chi connectivity index (χ3v) is 9.30. The van der Waals surface area contributed by atoms with Gasteiger partial charge in [-0.3, -0.25) is 23.7 Å². The summed E-state index contributed by atoms with van der Waals surface area (Å²) in [6, 6.07) is 12.2. The van der Waals surface area contributed by atoms with Crippen molar-refractivity contribution in [3.8, 4) is 11.1 Å². The van der Waals surface area contributed by atoms with E-state index in [4.69, 9.17) is 0 Å². The van der Waals surface area contributed by atoms with Crippen molar-refractivity contribution in [3.63, 3.8) is 0 Å². The number of nitrogens with zero attached hydrogens (tertiary/aromatic N) is 4.